The fourth-order valence-electron chi connectivity index (χ4n) is 0.178. The van der Waals surface area contributed by atoms with E-state index in [0.29, 0.717) is 11.9 Å². The Bertz CT molecular complexity index is 88.7. The summed E-state index contributed by atoms with van der Waals surface area (Å²) in [5.74, 6) is 0.685. The van der Waals surface area contributed by atoms with E-state index in [1.807, 2.05) is 0 Å². The second-order valence-corrected chi connectivity index (χ2v) is 0.908. The Kier molecular flexibility index (Phi) is 0.154. The summed E-state index contributed by atoms with van der Waals surface area (Å²) in [6.07, 6.45) is 0. The monoisotopic (exact) mass is 88.0 g/mol. The van der Waals surface area contributed by atoms with Crippen molar-refractivity contribution in [2.75, 3.05) is 0 Å². The van der Waals surface area contributed by atoms with Crippen LogP contribution in [-0.2, 0) is 19.6 Å². The van der Waals surface area contributed by atoms with Gasteiger partial charge in [0.15, 0.2) is 0 Å². The molecule has 0 aliphatic carbocycles. The van der Waals surface area contributed by atoms with Crippen molar-refractivity contribution >= 4 is 0 Å². The largest absolute Gasteiger partial charge is 0.467 e. The molecule has 0 atom stereocenters. The Labute approximate surface area is 32.7 Å². The predicted octanol–water partition coefficient (Wildman–Crippen LogP) is 0.0366. The zero-order chi connectivity index (χ0) is 3.98. The van der Waals surface area contributed by atoms with Crippen molar-refractivity contribution in [3.05, 3.63) is 11.9 Å². The number of hydrogen-bond acceptors (Lipinski definition) is 4. The average molecular weight is 88.0 g/mol. The summed E-state index contributed by atoms with van der Waals surface area (Å²) in [5, 5.41) is 0. The standard InChI is InChI=1S/C2O4/c3-1(4-3)2-5-6-2. The molecule has 0 unspecified atom stereocenters. The average Bonchev–Trinajstić information content (AvgIpc) is 2.26. The minimum absolute atomic E-state index is 0.343. The molecule has 0 N–H and O–H groups in total. The Morgan fingerprint density at radius 3 is 1.17 bits per heavy atom. The third-order valence-electron chi connectivity index (χ3n) is 0.500. The van der Waals surface area contributed by atoms with Crippen molar-refractivity contribution in [2.45, 2.75) is 0 Å². The molecule has 2 fully saturated rings. The van der Waals surface area contributed by atoms with E-state index >= 15 is 0 Å². The molecular formula is C2O4. The van der Waals surface area contributed by atoms with Crippen LogP contribution < -0.4 is 0 Å². The van der Waals surface area contributed by atoms with E-state index in [4.69, 9.17) is 0 Å². The zero-order valence-corrected chi connectivity index (χ0v) is 2.63. The van der Waals surface area contributed by atoms with Crippen LogP contribution in [0.25, 0.3) is 0 Å². The van der Waals surface area contributed by atoms with Crippen LogP contribution in [-0.4, -0.2) is 0 Å². The first-order chi connectivity index (χ1) is 2.97. The summed E-state index contributed by atoms with van der Waals surface area (Å²) in [7, 11) is 0. The van der Waals surface area contributed by atoms with Gasteiger partial charge in [0.25, 0.3) is 0 Å². The van der Waals surface area contributed by atoms with Gasteiger partial charge in [0, 0.05) is 0 Å². The van der Waals surface area contributed by atoms with Crippen molar-refractivity contribution in [2.24, 2.45) is 0 Å². The van der Waals surface area contributed by atoms with Gasteiger partial charge >= 0.3 is 11.9 Å². The first-order valence-corrected chi connectivity index (χ1v) is 1.40. The smallest absolute Gasteiger partial charge is 0.233 e. The molecule has 2 aliphatic rings. The molecule has 2 saturated heterocycles. The third-order valence-corrected chi connectivity index (χ3v) is 0.500. The van der Waals surface area contributed by atoms with Crippen LogP contribution >= 0.6 is 0 Å². The summed E-state index contributed by atoms with van der Waals surface area (Å²) >= 11 is 0. The maximum absolute atomic E-state index is 4.16. The summed E-state index contributed by atoms with van der Waals surface area (Å²) in [6, 6.07) is 0. The minimum Gasteiger partial charge on any atom is -0.233 e. The maximum atomic E-state index is 4.16. The van der Waals surface area contributed by atoms with Gasteiger partial charge in [-0.05, 0) is 0 Å². The molecule has 2 heterocycles. The van der Waals surface area contributed by atoms with Gasteiger partial charge in [-0.1, -0.05) is 0 Å². The van der Waals surface area contributed by atoms with E-state index in [-0.39, 0.29) is 0 Å². The Hall–Kier alpha value is -1.06. The van der Waals surface area contributed by atoms with E-state index in [2.05, 4.69) is 19.6 Å². The Morgan fingerprint density at radius 2 is 1.00 bits per heavy atom. The quantitative estimate of drug-likeness (QED) is 0.310. The van der Waals surface area contributed by atoms with Crippen LogP contribution in [0.2, 0.25) is 0 Å². The topological polar surface area (TPSA) is 50.1 Å². The Morgan fingerprint density at radius 1 is 0.667 bits per heavy atom. The van der Waals surface area contributed by atoms with Crippen molar-refractivity contribution in [1.29, 1.82) is 0 Å². The van der Waals surface area contributed by atoms with Crippen LogP contribution in [0.4, 0.5) is 0 Å². The first-order valence-electron chi connectivity index (χ1n) is 1.40. The molecule has 6 heavy (non-hydrogen) atoms. The molecule has 4 nitrogen and oxygen atoms in total. The second kappa shape index (κ2) is 0.426. The van der Waals surface area contributed by atoms with Crippen LogP contribution in [0.15, 0.2) is 11.9 Å². The number of rotatable bonds is 0. The highest BCUT2D eigenvalue weighted by Crippen LogP contribution is 2.31. The van der Waals surface area contributed by atoms with Crippen LogP contribution in [0.5, 0.6) is 0 Å². The fourth-order valence-corrected chi connectivity index (χ4v) is 0.178. The van der Waals surface area contributed by atoms with Gasteiger partial charge in [-0.15, -0.1) is 0 Å². The minimum atomic E-state index is 0.343. The van der Waals surface area contributed by atoms with E-state index in [1.54, 1.807) is 0 Å². The summed E-state index contributed by atoms with van der Waals surface area (Å²) in [5.41, 5.74) is 0. The third kappa shape index (κ3) is 0.138. The highest BCUT2D eigenvalue weighted by Gasteiger charge is 2.40. The lowest BCUT2D eigenvalue weighted by atomic mass is 11.0. The van der Waals surface area contributed by atoms with E-state index in [9.17, 15) is 0 Å². The zero-order valence-electron chi connectivity index (χ0n) is 2.63. The van der Waals surface area contributed by atoms with Crippen LogP contribution in [0.3, 0.4) is 0 Å². The SMILES string of the molecule is O1OC1=C1OO1. The fraction of sp³-hybridized carbons (Fsp3) is 0. The lowest BCUT2D eigenvalue weighted by Crippen LogP contribution is -1.41. The van der Waals surface area contributed by atoms with Crippen molar-refractivity contribution in [1.82, 2.24) is 0 Å². The van der Waals surface area contributed by atoms with Crippen molar-refractivity contribution < 1.29 is 19.6 Å². The molecule has 4 heteroatoms. The first kappa shape index (κ1) is 2.17. The van der Waals surface area contributed by atoms with Gasteiger partial charge in [0.2, 0.25) is 0 Å². The summed E-state index contributed by atoms with van der Waals surface area (Å²) in [4.78, 5) is 16.6. The molecule has 0 bridgehead atoms. The van der Waals surface area contributed by atoms with Gasteiger partial charge < -0.3 is 0 Å². The van der Waals surface area contributed by atoms with E-state index in [0.717, 1.165) is 0 Å². The van der Waals surface area contributed by atoms with Gasteiger partial charge in [-0.2, -0.15) is 0 Å². The molecule has 0 aromatic rings. The molecule has 0 radical (unpaired) electrons. The second-order valence-electron chi connectivity index (χ2n) is 0.908. The Balaban J connectivity index is 2.34. The van der Waals surface area contributed by atoms with Crippen LogP contribution in [0, 0.1) is 0 Å². The van der Waals surface area contributed by atoms with Gasteiger partial charge in [0.05, 0.1) is 0 Å². The van der Waals surface area contributed by atoms with E-state index in [1.165, 1.54) is 0 Å². The van der Waals surface area contributed by atoms with Crippen LogP contribution in [0.1, 0.15) is 0 Å². The van der Waals surface area contributed by atoms with Gasteiger partial charge in [0.1, 0.15) is 0 Å². The summed E-state index contributed by atoms with van der Waals surface area (Å²) in [6.45, 7) is 0. The molecule has 2 rings (SSSR count). The highest BCUT2D eigenvalue weighted by atomic mass is 17.4. The molecule has 0 saturated carbocycles. The molecule has 2 aliphatic heterocycles. The molecule has 32 valence electrons. The molecule has 0 aromatic heterocycles. The molecular weight excluding hydrogens is 88.0 g/mol. The normalized spacial score (nSPS) is 22.7. The maximum Gasteiger partial charge on any atom is 0.467 e. The lowest BCUT2D eigenvalue weighted by molar-refractivity contribution is 0.0850. The summed E-state index contributed by atoms with van der Waals surface area (Å²) < 4.78 is 0. The predicted molar refractivity (Wildman–Crippen MR) is 11.4 cm³/mol. The van der Waals surface area contributed by atoms with Gasteiger partial charge in [-0.3, -0.25) is 0 Å². The van der Waals surface area contributed by atoms with Crippen molar-refractivity contribution in [3.8, 4) is 0 Å². The highest BCUT2D eigenvalue weighted by molar-refractivity contribution is 4.93. The van der Waals surface area contributed by atoms with E-state index < -0.39 is 0 Å². The van der Waals surface area contributed by atoms with Crippen molar-refractivity contribution in [3.63, 3.8) is 0 Å². The number of hydrogen-bond donors (Lipinski definition) is 0. The van der Waals surface area contributed by atoms with Gasteiger partial charge in [-0.25, -0.2) is 19.6 Å². The molecule has 0 amide bonds. The lowest BCUT2D eigenvalue weighted by Gasteiger charge is -1.24. The molecule has 0 aromatic carbocycles. The molecule has 0 spiro atoms.